The summed E-state index contributed by atoms with van der Waals surface area (Å²) in [6.45, 7) is 2.91. The summed E-state index contributed by atoms with van der Waals surface area (Å²) in [7, 11) is 0. The van der Waals surface area contributed by atoms with Gasteiger partial charge in [0.25, 0.3) is 5.91 Å². The number of nitrogens with one attached hydrogen (secondary N) is 2. The third kappa shape index (κ3) is 3.84. The molecule has 2 aromatic carbocycles. The van der Waals surface area contributed by atoms with Crippen LogP contribution in [-0.2, 0) is 0 Å². The number of amides is 1. The molecule has 0 saturated heterocycles. The Bertz CT molecular complexity index is 1020. The van der Waals surface area contributed by atoms with E-state index in [2.05, 4.69) is 20.8 Å². The highest BCUT2D eigenvalue weighted by molar-refractivity contribution is 6.31. The van der Waals surface area contributed by atoms with Crippen molar-refractivity contribution < 1.29 is 14.3 Å². The molecule has 0 fully saturated rings. The predicted octanol–water partition coefficient (Wildman–Crippen LogP) is 4.21. The van der Waals surface area contributed by atoms with E-state index in [9.17, 15) is 4.79 Å². The first-order valence-electron chi connectivity index (χ1n) is 8.67. The lowest BCUT2D eigenvalue weighted by Gasteiger charge is -2.18. The van der Waals surface area contributed by atoms with E-state index in [1.165, 1.54) is 0 Å². The van der Waals surface area contributed by atoms with Gasteiger partial charge in [0.05, 0.1) is 0 Å². The minimum atomic E-state index is -0.366. The third-order valence-electron chi connectivity index (χ3n) is 4.23. The molecule has 2 N–H and O–H groups in total. The summed E-state index contributed by atoms with van der Waals surface area (Å²) in [5.74, 6) is 1.42. The van der Waals surface area contributed by atoms with Gasteiger partial charge in [-0.3, -0.25) is 4.79 Å². The number of nitrogens with zero attached hydrogens (tertiary/aromatic N) is 2. The smallest absolute Gasteiger partial charge is 0.276 e. The van der Waals surface area contributed by atoms with E-state index in [4.69, 9.17) is 21.1 Å². The van der Waals surface area contributed by atoms with Crippen molar-refractivity contribution in [2.75, 3.05) is 23.8 Å². The number of carbonyl (C=O) groups excluding carboxylic acids is 1. The first kappa shape index (κ1) is 18.1. The van der Waals surface area contributed by atoms with Crippen molar-refractivity contribution in [3.8, 4) is 11.5 Å². The molecule has 0 unspecified atom stereocenters. The summed E-state index contributed by atoms with van der Waals surface area (Å²) in [6.07, 6.45) is 0. The SMILES string of the molecule is Cc1c(Cl)cccc1Nc1ccc(C(=O)Nc2ccc3c(c2)OCCO3)nn1. The van der Waals surface area contributed by atoms with Crippen molar-refractivity contribution >= 4 is 34.7 Å². The molecular formula is C20H17ClN4O3. The van der Waals surface area contributed by atoms with E-state index in [1.54, 1.807) is 30.3 Å². The maximum atomic E-state index is 12.4. The number of halogens is 1. The Kier molecular flexibility index (Phi) is 4.99. The van der Waals surface area contributed by atoms with Gasteiger partial charge in [-0.25, -0.2) is 0 Å². The summed E-state index contributed by atoms with van der Waals surface area (Å²) in [5, 5.41) is 14.6. The molecular weight excluding hydrogens is 380 g/mol. The monoisotopic (exact) mass is 396 g/mol. The van der Waals surface area contributed by atoms with Gasteiger partial charge in [-0.15, -0.1) is 10.2 Å². The third-order valence-corrected chi connectivity index (χ3v) is 4.64. The average molecular weight is 397 g/mol. The molecule has 8 heteroatoms. The van der Waals surface area contributed by atoms with Crippen LogP contribution >= 0.6 is 11.6 Å². The van der Waals surface area contributed by atoms with Crippen molar-refractivity contribution in [3.63, 3.8) is 0 Å². The van der Waals surface area contributed by atoms with Crippen LogP contribution in [0.3, 0.4) is 0 Å². The number of fused-ring (bicyclic) bond motifs is 1. The molecule has 28 heavy (non-hydrogen) atoms. The van der Waals surface area contributed by atoms with E-state index >= 15 is 0 Å². The zero-order valence-electron chi connectivity index (χ0n) is 15.0. The first-order valence-corrected chi connectivity index (χ1v) is 9.05. The summed E-state index contributed by atoms with van der Waals surface area (Å²) in [5.41, 5.74) is 2.53. The Morgan fingerprint density at radius 3 is 2.64 bits per heavy atom. The Labute approximate surface area is 166 Å². The average Bonchev–Trinajstić information content (AvgIpc) is 2.72. The van der Waals surface area contributed by atoms with Crippen LogP contribution in [0.2, 0.25) is 5.02 Å². The molecule has 0 spiro atoms. The Balaban J connectivity index is 1.45. The van der Waals surface area contributed by atoms with E-state index in [-0.39, 0.29) is 11.6 Å². The minimum Gasteiger partial charge on any atom is -0.486 e. The lowest BCUT2D eigenvalue weighted by atomic mass is 10.2. The molecule has 0 radical (unpaired) electrons. The zero-order valence-corrected chi connectivity index (χ0v) is 15.8. The van der Waals surface area contributed by atoms with Crippen LogP contribution in [0.15, 0.2) is 48.5 Å². The highest BCUT2D eigenvalue weighted by Crippen LogP contribution is 2.32. The Morgan fingerprint density at radius 1 is 1.04 bits per heavy atom. The van der Waals surface area contributed by atoms with Gasteiger partial charge in [-0.1, -0.05) is 17.7 Å². The number of carbonyl (C=O) groups is 1. The van der Waals surface area contributed by atoms with E-state index in [1.807, 2.05) is 25.1 Å². The number of anilines is 3. The van der Waals surface area contributed by atoms with Crippen molar-refractivity contribution in [2.24, 2.45) is 0 Å². The normalized spacial score (nSPS) is 12.4. The number of benzene rings is 2. The van der Waals surface area contributed by atoms with Crippen molar-refractivity contribution in [1.82, 2.24) is 10.2 Å². The molecule has 0 aliphatic carbocycles. The van der Waals surface area contributed by atoms with Crippen LogP contribution in [0.1, 0.15) is 16.1 Å². The van der Waals surface area contributed by atoms with Crippen LogP contribution in [0.4, 0.5) is 17.2 Å². The maximum absolute atomic E-state index is 12.4. The predicted molar refractivity (Wildman–Crippen MR) is 107 cm³/mol. The topological polar surface area (TPSA) is 85.4 Å². The molecule has 3 aromatic rings. The van der Waals surface area contributed by atoms with Gasteiger partial charge in [-0.2, -0.15) is 0 Å². The summed E-state index contributed by atoms with van der Waals surface area (Å²) in [4.78, 5) is 12.4. The van der Waals surface area contributed by atoms with Crippen LogP contribution in [0, 0.1) is 6.92 Å². The molecule has 0 bridgehead atoms. The number of ether oxygens (including phenoxy) is 2. The largest absolute Gasteiger partial charge is 0.486 e. The summed E-state index contributed by atoms with van der Waals surface area (Å²) >= 11 is 6.12. The lowest BCUT2D eigenvalue weighted by molar-refractivity contribution is 0.102. The van der Waals surface area contributed by atoms with E-state index < -0.39 is 0 Å². The fourth-order valence-corrected chi connectivity index (χ4v) is 2.89. The molecule has 142 valence electrons. The molecule has 0 atom stereocenters. The van der Waals surface area contributed by atoms with Gasteiger partial charge in [0.2, 0.25) is 0 Å². The molecule has 1 aromatic heterocycles. The Hall–Kier alpha value is -3.32. The van der Waals surface area contributed by atoms with Gasteiger partial charge < -0.3 is 20.1 Å². The fourth-order valence-electron chi connectivity index (χ4n) is 2.72. The fraction of sp³-hybridized carbons (Fsp3) is 0.150. The molecule has 1 amide bonds. The molecule has 0 saturated carbocycles. The molecule has 7 nitrogen and oxygen atoms in total. The maximum Gasteiger partial charge on any atom is 0.276 e. The van der Waals surface area contributed by atoms with Gasteiger partial charge in [0.1, 0.15) is 13.2 Å². The van der Waals surface area contributed by atoms with Gasteiger partial charge in [0.15, 0.2) is 23.0 Å². The van der Waals surface area contributed by atoms with E-state index in [0.717, 1.165) is 11.3 Å². The lowest BCUT2D eigenvalue weighted by Crippen LogP contribution is -2.17. The summed E-state index contributed by atoms with van der Waals surface area (Å²) in [6, 6.07) is 14.1. The Morgan fingerprint density at radius 2 is 1.86 bits per heavy atom. The van der Waals surface area contributed by atoms with Crippen LogP contribution in [-0.4, -0.2) is 29.3 Å². The second kappa shape index (κ2) is 7.74. The van der Waals surface area contributed by atoms with Crippen LogP contribution < -0.4 is 20.1 Å². The molecule has 4 rings (SSSR count). The molecule has 2 heterocycles. The number of hydrogen-bond donors (Lipinski definition) is 2. The van der Waals surface area contributed by atoms with Crippen molar-refractivity contribution in [3.05, 3.63) is 64.8 Å². The minimum absolute atomic E-state index is 0.197. The van der Waals surface area contributed by atoms with Crippen molar-refractivity contribution in [2.45, 2.75) is 6.92 Å². The number of rotatable bonds is 4. The van der Waals surface area contributed by atoms with Crippen molar-refractivity contribution in [1.29, 1.82) is 0 Å². The quantitative estimate of drug-likeness (QED) is 0.687. The number of hydrogen-bond acceptors (Lipinski definition) is 6. The van der Waals surface area contributed by atoms with Gasteiger partial charge >= 0.3 is 0 Å². The second-order valence-electron chi connectivity index (χ2n) is 6.15. The molecule has 1 aliphatic rings. The molecule has 1 aliphatic heterocycles. The van der Waals surface area contributed by atoms with Gasteiger partial charge in [0, 0.05) is 22.5 Å². The summed E-state index contributed by atoms with van der Waals surface area (Å²) < 4.78 is 11.0. The van der Waals surface area contributed by atoms with Crippen LogP contribution in [0.25, 0.3) is 0 Å². The first-order chi connectivity index (χ1) is 13.6. The highest BCUT2D eigenvalue weighted by Gasteiger charge is 2.14. The number of aromatic nitrogens is 2. The zero-order chi connectivity index (χ0) is 19.5. The highest BCUT2D eigenvalue weighted by atomic mass is 35.5. The van der Waals surface area contributed by atoms with Gasteiger partial charge in [-0.05, 0) is 48.9 Å². The second-order valence-corrected chi connectivity index (χ2v) is 6.56. The van der Waals surface area contributed by atoms with Crippen LogP contribution in [0.5, 0.6) is 11.5 Å². The van der Waals surface area contributed by atoms with E-state index in [0.29, 0.717) is 41.2 Å². The standard InChI is InChI=1S/C20H17ClN4O3/c1-12-14(21)3-2-4-15(12)23-19-8-6-16(24-25-19)20(26)22-13-5-7-17-18(11-13)28-10-9-27-17/h2-8,11H,9-10H2,1H3,(H,22,26)(H,23,25).